The number of hydrogen-bond acceptors (Lipinski definition) is 4. The van der Waals surface area contributed by atoms with E-state index in [9.17, 15) is 0 Å². The summed E-state index contributed by atoms with van der Waals surface area (Å²) in [6, 6.07) is 4.27. The quantitative estimate of drug-likeness (QED) is 0.907. The normalized spacial score (nSPS) is 17.3. The van der Waals surface area contributed by atoms with E-state index in [-0.39, 0.29) is 5.54 Å². The van der Waals surface area contributed by atoms with E-state index in [1.54, 1.807) is 0 Å². The molecule has 1 saturated heterocycles. The lowest BCUT2D eigenvalue weighted by molar-refractivity contribution is 0.152. The average molecular weight is 263 g/mol. The van der Waals surface area contributed by atoms with Crippen LogP contribution in [0.1, 0.15) is 32.9 Å². The van der Waals surface area contributed by atoms with Crippen LogP contribution in [0.4, 0.5) is 5.69 Å². The molecule has 106 valence electrons. The molecule has 1 aliphatic heterocycles. The van der Waals surface area contributed by atoms with Gasteiger partial charge in [0, 0.05) is 43.7 Å². The van der Waals surface area contributed by atoms with Crippen LogP contribution >= 0.6 is 0 Å². The summed E-state index contributed by atoms with van der Waals surface area (Å²) in [4.78, 5) is 6.82. The Morgan fingerprint density at radius 1 is 1.32 bits per heavy atom. The Bertz CT molecular complexity index is 393. The minimum Gasteiger partial charge on any atom is -0.380 e. The number of nitrogens with one attached hydrogen (secondary N) is 1. The molecule has 0 aromatic carbocycles. The third-order valence-corrected chi connectivity index (χ3v) is 3.19. The molecule has 1 fully saturated rings. The fourth-order valence-electron chi connectivity index (χ4n) is 2.12. The second-order valence-corrected chi connectivity index (χ2v) is 6.06. The van der Waals surface area contributed by atoms with Crippen molar-refractivity contribution in [1.82, 2.24) is 10.3 Å². The summed E-state index contributed by atoms with van der Waals surface area (Å²) in [5.41, 5.74) is 2.47. The SMILES string of the molecule is CC(C)(C)NCc1cc(N2CCCOCC2)ccn1. The number of nitrogens with zero attached hydrogens (tertiary/aromatic N) is 2. The molecule has 2 heterocycles. The molecule has 4 heteroatoms. The zero-order valence-corrected chi connectivity index (χ0v) is 12.3. The van der Waals surface area contributed by atoms with Crippen LogP contribution in [0.25, 0.3) is 0 Å². The van der Waals surface area contributed by atoms with Crippen molar-refractivity contribution >= 4 is 5.69 Å². The first-order chi connectivity index (χ1) is 9.04. The predicted molar refractivity (Wildman–Crippen MR) is 78.5 cm³/mol. The van der Waals surface area contributed by atoms with E-state index < -0.39 is 0 Å². The minimum atomic E-state index is 0.119. The van der Waals surface area contributed by atoms with Crippen molar-refractivity contribution in [3.63, 3.8) is 0 Å². The first-order valence-electron chi connectivity index (χ1n) is 7.07. The molecule has 0 radical (unpaired) electrons. The van der Waals surface area contributed by atoms with Gasteiger partial charge in [0.1, 0.15) is 0 Å². The van der Waals surface area contributed by atoms with Gasteiger partial charge in [-0.05, 0) is 39.3 Å². The Hall–Kier alpha value is -1.13. The standard InChI is InChI=1S/C15H25N3O/c1-15(2,3)17-12-13-11-14(5-6-16-13)18-7-4-9-19-10-8-18/h5-6,11,17H,4,7-10,12H2,1-3H3. The molecule has 0 atom stereocenters. The molecule has 0 spiro atoms. The van der Waals surface area contributed by atoms with Crippen LogP contribution in [-0.4, -0.2) is 36.8 Å². The summed E-state index contributed by atoms with van der Waals surface area (Å²) in [6.07, 6.45) is 3.00. The summed E-state index contributed by atoms with van der Waals surface area (Å²) in [6.45, 7) is 11.0. The second kappa shape index (κ2) is 6.35. The van der Waals surface area contributed by atoms with Gasteiger partial charge in [0.25, 0.3) is 0 Å². The van der Waals surface area contributed by atoms with Gasteiger partial charge in [0.05, 0.1) is 12.3 Å². The Morgan fingerprint density at radius 3 is 2.95 bits per heavy atom. The van der Waals surface area contributed by atoms with Gasteiger partial charge in [-0.15, -0.1) is 0 Å². The maximum atomic E-state index is 5.50. The number of aromatic nitrogens is 1. The molecular formula is C15H25N3O. The maximum absolute atomic E-state index is 5.50. The highest BCUT2D eigenvalue weighted by Crippen LogP contribution is 2.16. The fraction of sp³-hybridized carbons (Fsp3) is 0.667. The third kappa shape index (κ3) is 4.80. The van der Waals surface area contributed by atoms with Crippen LogP contribution in [0.2, 0.25) is 0 Å². The van der Waals surface area contributed by atoms with E-state index in [0.29, 0.717) is 0 Å². The first-order valence-corrected chi connectivity index (χ1v) is 7.07. The summed E-state index contributed by atoms with van der Waals surface area (Å²) >= 11 is 0. The molecule has 0 aliphatic carbocycles. The Balaban J connectivity index is 2.01. The lowest BCUT2D eigenvalue weighted by Crippen LogP contribution is -2.35. The van der Waals surface area contributed by atoms with Gasteiger partial charge in [-0.25, -0.2) is 0 Å². The van der Waals surface area contributed by atoms with Crippen molar-refractivity contribution in [2.24, 2.45) is 0 Å². The molecule has 19 heavy (non-hydrogen) atoms. The van der Waals surface area contributed by atoms with Gasteiger partial charge in [0.15, 0.2) is 0 Å². The van der Waals surface area contributed by atoms with Gasteiger partial charge in [-0.3, -0.25) is 4.98 Å². The number of pyridine rings is 1. The van der Waals surface area contributed by atoms with Crippen LogP contribution in [-0.2, 0) is 11.3 Å². The molecule has 0 amide bonds. The largest absolute Gasteiger partial charge is 0.380 e. The fourth-order valence-corrected chi connectivity index (χ4v) is 2.12. The third-order valence-electron chi connectivity index (χ3n) is 3.19. The number of hydrogen-bond donors (Lipinski definition) is 1. The highest BCUT2D eigenvalue weighted by atomic mass is 16.5. The lowest BCUT2D eigenvalue weighted by atomic mass is 10.1. The molecule has 0 unspecified atom stereocenters. The number of ether oxygens (including phenoxy) is 1. The van der Waals surface area contributed by atoms with E-state index in [1.165, 1.54) is 5.69 Å². The van der Waals surface area contributed by atoms with Crippen molar-refractivity contribution < 1.29 is 4.74 Å². The van der Waals surface area contributed by atoms with E-state index in [0.717, 1.165) is 45.0 Å². The molecular weight excluding hydrogens is 238 g/mol. The summed E-state index contributed by atoms with van der Waals surface area (Å²) < 4.78 is 5.50. The van der Waals surface area contributed by atoms with Gasteiger partial charge in [-0.1, -0.05) is 0 Å². The minimum absolute atomic E-state index is 0.119. The molecule has 0 saturated carbocycles. The topological polar surface area (TPSA) is 37.4 Å². The van der Waals surface area contributed by atoms with E-state index in [1.807, 2.05) is 6.20 Å². The molecule has 1 N–H and O–H groups in total. The lowest BCUT2D eigenvalue weighted by Gasteiger charge is -2.23. The van der Waals surface area contributed by atoms with Crippen LogP contribution in [0.5, 0.6) is 0 Å². The molecule has 2 rings (SSSR count). The van der Waals surface area contributed by atoms with Gasteiger partial charge in [0.2, 0.25) is 0 Å². The smallest absolute Gasteiger partial charge is 0.0641 e. The Labute approximate surface area is 116 Å². The summed E-state index contributed by atoms with van der Waals surface area (Å²) in [5.74, 6) is 0. The maximum Gasteiger partial charge on any atom is 0.0641 e. The highest BCUT2D eigenvalue weighted by Gasteiger charge is 2.12. The highest BCUT2D eigenvalue weighted by molar-refractivity contribution is 5.46. The molecule has 1 aromatic heterocycles. The van der Waals surface area contributed by atoms with Crippen LogP contribution in [0.3, 0.4) is 0 Å². The zero-order valence-electron chi connectivity index (χ0n) is 12.3. The second-order valence-electron chi connectivity index (χ2n) is 6.06. The van der Waals surface area contributed by atoms with E-state index >= 15 is 0 Å². The first kappa shape index (κ1) is 14.3. The summed E-state index contributed by atoms with van der Waals surface area (Å²) in [7, 11) is 0. The van der Waals surface area contributed by atoms with Gasteiger partial charge < -0.3 is 15.0 Å². The molecule has 0 bridgehead atoms. The number of anilines is 1. The van der Waals surface area contributed by atoms with Gasteiger partial charge in [-0.2, -0.15) is 0 Å². The van der Waals surface area contributed by atoms with Crippen molar-refractivity contribution in [1.29, 1.82) is 0 Å². The summed E-state index contributed by atoms with van der Waals surface area (Å²) in [5, 5.41) is 3.47. The Kier molecular flexibility index (Phi) is 4.77. The van der Waals surface area contributed by atoms with Crippen molar-refractivity contribution in [3.05, 3.63) is 24.0 Å². The predicted octanol–water partition coefficient (Wildman–Crippen LogP) is 2.20. The van der Waals surface area contributed by atoms with E-state index in [4.69, 9.17) is 4.74 Å². The monoisotopic (exact) mass is 263 g/mol. The van der Waals surface area contributed by atoms with Crippen LogP contribution in [0, 0.1) is 0 Å². The van der Waals surface area contributed by atoms with Crippen molar-refractivity contribution in [2.75, 3.05) is 31.2 Å². The van der Waals surface area contributed by atoms with Crippen LogP contribution in [0.15, 0.2) is 18.3 Å². The zero-order chi connectivity index (χ0) is 13.7. The molecule has 4 nitrogen and oxygen atoms in total. The number of rotatable bonds is 3. The van der Waals surface area contributed by atoms with Crippen molar-refractivity contribution in [2.45, 2.75) is 39.3 Å². The average Bonchev–Trinajstić information content (AvgIpc) is 2.65. The Morgan fingerprint density at radius 2 is 2.16 bits per heavy atom. The van der Waals surface area contributed by atoms with E-state index in [2.05, 4.69) is 48.1 Å². The molecule has 1 aliphatic rings. The van der Waals surface area contributed by atoms with Crippen molar-refractivity contribution in [3.8, 4) is 0 Å². The van der Waals surface area contributed by atoms with Crippen LogP contribution < -0.4 is 10.2 Å². The molecule has 1 aromatic rings. The van der Waals surface area contributed by atoms with Gasteiger partial charge >= 0.3 is 0 Å².